The predicted octanol–water partition coefficient (Wildman–Crippen LogP) is 3.03. The van der Waals surface area contributed by atoms with Gasteiger partial charge in [-0.2, -0.15) is 0 Å². The standard InChI is InChI=1S/C10H21N/c1-6-7-8-10(4)11(5)9(2)3/h10H,2,6-8H2,1,3-5H3. The Hall–Kier alpha value is -0.460. The van der Waals surface area contributed by atoms with Crippen molar-refractivity contribution >= 4 is 0 Å². The summed E-state index contributed by atoms with van der Waals surface area (Å²) < 4.78 is 0. The summed E-state index contributed by atoms with van der Waals surface area (Å²) in [5, 5.41) is 0. The molecule has 0 N–H and O–H groups in total. The van der Waals surface area contributed by atoms with Crippen LogP contribution in [0.4, 0.5) is 0 Å². The SMILES string of the molecule is C=C(C)N(C)C(C)CCCC. The molecule has 0 heterocycles. The van der Waals surface area contributed by atoms with E-state index in [9.17, 15) is 0 Å². The Balaban J connectivity index is 3.63. The van der Waals surface area contributed by atoms with E-state index in [1.807, 2.05) is 0 Å². The van der Waals surface area contributed by atoms with Crippen LogP contribution in [0.5, 0.6) is 0 Å². The van der Waals surface area contributed by atoms with Crippen molar-refractivity contribution < 1.29 is 0 Å². The van der Waals surface area contributed by atoms with E-state index >= 15 is 0 Å². The summed E-state index contributed by atoms with van der Waals surface area (Å²) in [7, 11) is 2.11. The van der Waals surface area contributed by atoms with Gasteiger partial charge in [0.1, 0.15) is 0 Å². The van der Waals surface area contributed by atoms with Gasteiger partial charge in [-0.1, -0.05) is 26.3 Å². The Morgan fingerprint density at radius 2 is 2.09 bits per heavy atom. The van der Waals surface area contributed by atoms with Gasteiger partial charge in [0.2, 0.25) is 0 Å². The van der Waals surface area contributed by atoms with Crippen molar-refractivity contribution in [2.45, 2.75) is 46.1 Å². The smallest absolute Gasteiger partial charge is 0.0255 e. The fraction of sp³-hybridized carbons (Fsp3) is 0.800. The summed E-state index contributed by atoms with van der Waals surface area (Å²) in [5.74, 6) is 0. The lowest BCUT2D eigenvalue weighted by Gasteiger charge is -2.26. The summed E-state index contributed by atoms with van der Waals surface area (Å²) in [6, 6.07) is 0.646. The first kappa shape index (κ1) is 10.5. The molecule has 0 aromatic carbocycles. The van der Waals surface area contributed by atoms with Gasteiger partial charge >= 0.3 is 0 Å². The van der Waals surface area contributed by atoms with Crippen LogP contribution in [-0.4, -0.2) is 18.0 Å². The zero-order valence-corrected chi connectivity index (χ0v) is 8.35. The normalized spacial score (nSPS) is 12.7. The lowest BCUT2D eigenvalue weighted by atomic mass is 10.1. The first-order valence-corrected chi connectivity index (χ1v) is 4.48. The minimum absolute atomic E-state index is 0.646. The minimum atomic E-state index is 0.646. The van der Waals surface area contributed by atoms with Gasteiger partial charge in [0.15, 0.2) is 0 Å². The van der Waals surface area contributed by atoms with Crippen molar-refractivity contribution in [3.63, 3.8) is 0 Å². The maximum absolute atomic E-state index is 3.91. The Morgan fingerprint density at radius 1 is 1.55 bits per heavy atom. The third-order valence-corrected chi connectivity index (χ3v) is 2.24. The molecule has 1 unspecified atom stereocenters. The average Bonchev–Trinajstić information content (AvgIpc) is 1.98. The van der Waals surface area contributed by atoms with Crippen molar-refractivity contribution in [1.29, 1.82) is 0 Å². The summed E-state index contributed by atoms with van der Waals surface area (Å²) in [4.78, 5) is 2.25. The number of rotatable bonds is 5. The molecule has 1 nitrogen and oxygen atoms in total. The molecule has 11 heavy (non-hydrogen) atoms. The lowest BCUT2D eigenvalue weighted by Crippen LogP contribution is -2.26. The quantitative estimate of drug-likeness (QED) is 0.590. The van der Waals surface area contributed by atoms with Gasteiger partial charge in [0, 0.05) is 18.8 Å². The first-order chi connectivity index (χ1) is 5.09. The molecule has 0 fully saturated rings. The van der Waals surface area contributed by atoms with Gasteiger partial charge in [-0.25, -0.2) is 0 Å². The van der Waals surface area contributed by atoms with E-state index in [1.165, 1.54) is 19.3 Å². The van der Waals surface area contributed by atoms with E-state index in [0.717, 1.165) is 5.70 Å². The number of unbranched alkanes of at least 4 members (excludes halogenated alkanes) is 1. The zero-order valence-electron chi connectivity index (χ0n) is 8.35. The summed E-state index contributed by atoms with van der Waals surface area (Å²) in [5.41, 5.74) is 1.16. The predicted molar refractivity (Wildman–Crippen MR) is 51.6 cm³/mol. The molecule has 0 rings (SSSR count). The van der Waals surface area contributed by atoms with E-state index < -0.39 is 0 Å². The van der Waals surface area contributed by atoms with Crippen LogP contribution in [0.1, 0.15) is 40.0 Å². The second-order valence-electron chi connectivity index (χ2n) is 3.34. The van der Waals surface area contributed by atoms with Gasteiger partial charge in [0.05, 0.1) is 0 Å². The molecule has 66 valence electrons. The lowest BCUT2D eigenvalue weighted by molar-refractivity contribution is 0.303. The molecule has 0 aromatic heterocycles. The molecule has 0 aliphatic rings. The van der Waals surface area contributed by atoms with Crippen molar-refractivity contribution in [3.8, 4) is 0 Å². The average molecular weight is 155 g/mol. The monoisotopic (exact) mass is 155 g/mol. The highest BCUT2D eigenvalue weighted by Gasteiger charge is 2.06. The van der Waals surface area contributed by atoms with E-state index in [-0.39, 0.29) is 0 Å². The van der Waals surface area contributed by atoms with Crippen LogP contribution in [0.15, 0.2) is 12.3 Å². The molecule has 1 atom stereocenters. The van der Waals surface area contributed by atoms with E-state index in [2.05, 4.69) is 39.3 Å². The molecule has 1 heteroatoms. The van der Waals surface area contributed by atoms with E-state index in [0.29, 0.717) is 6.04 Å². The Labute approximate surface area is 71.1 Å². The van der Waals surface area contributed by atoms with Crippen LogP contribution in [0, 0.1) is 0 Å². The van der Waals surface area contributed by atoms with Gasteiger partial charge < -0.3 is 4.90 Å². The van der Waals surface area contributed by atoms with Crippen molar-refractivity contribution in [2.75, 3.05) is 7.05 Å². The van der Waals surface area contributed by atoms with Gasteiger partial charge in [-0.3, -0.25) is 0 Å². The minimum Gasteiger partial charge on any atom is -0.376 e. The molecule has 0 spiro atoms. The highest BCUT2D eigenvalue weighted by atomic mass is 15.1. The fourth-order valence-corrected chi connectivity index (χ4v) is 1.07. The highest BCUT2D eigenvalue weighted by Crippen LogP contribution is 2.09. The Morgan fingerprint density at radius 3 is 2.45 bits per heavy atom. The molecule has 0 aliphatic heterocycles. The molecule has 0 amide bonds. The maximum atomic E-state index is 3.91. The van der Waals surface area contributed by atoms with E-state index in [1.54, 1.807) is 0 Å². The Bertz CT molecular complexity index is 118. The number of allylic oxidation sites excluding steroid dienone is 1. The summed E-state index contributed by atoms with van der Waals surface area (Å²) >= 11 is 0. The van der Waals surface area contributed by atoms with Gasteiger partial charge in [0.25, 0.3) is 0 Å². The first-order valence-electron chi connectivity index (χ1n) is 4.48. The van der Waals surface area contributed by atoms with E-state index in [4.69, 9.17) is 0 Å². The van der Waals surface area contributed by atoms with Crippen LogP contribution >= 0.6 is 0 Å². The molecule has 0 saturated carbocycles. The molecule has 0 bridgehead atoms. The van der Waals surface area contributed by atoms with Crippen molar-refractivity contribution in [2.24, 2.45) is 0 Å². The molecular formula is C10H21N. The fourth-order valence-electron chi connectivity index (χ4n) is 1.07. The number of hydrogen-bond acceptors (Lipinski definition) is 1. The summed E-state index contributed by atoms with van der Waals surface area (Å²) in [6.07, 6.45) is 3.88. The Kier molecular flexibility index (Phi) is 5.01. The maximum Gasteiger partial charge on any atom is 0.0255 e. The van der Waals surface area contributed by atoms with Crippen LogP contribution in [0.25, 0.3) is 0 Å². The number of hydrogen-bond donors (Lipinski definition) is 0. The van der Waals surface area contributed by atoms with Crippen molar-refractivity contribution in [3.05, 3.63) is 12.3 Å². The molecule has 0 radical (unpaired) electrons. The van der Waals surface area contributed by atoms with Crippen LogP contribution in [0.2, 0.25) is 0 Å². The summed E-state index contributed by atoms with van der Waals surface area (Å²) in [6.45, 7) is 10.5. The van der Waals surface area contributed by atoms with Crippen LogP contribution in [0.3, 0.4) is 0 Å². The van der Waals surface area contributed by atoms with Crippen LogP contribution in [-0.2, 0) is 0 Å². The van der Waals surface area contributed by atoms with Crippen molar-refractivity contribution in [1.82, 2.24) is 4.90 Å². The second-order valence-corrected chi connectivity index (χ2v) is 3.34. The third-order valence-electron chi connectivity index (χ3n) is 2.24. The largest absolute Gasteiger partial charge is 0.376 e. The molecule has 0 saturated heterocycles. The molecular weight excluding hydrogens is 134 g/mol. The molecule has 0 aromatic rings. The van der Waals surface area contributed by atoms with Crippen LogP contribution < -0.4 is 0 Å². The highest BCUT2D eigenvalue weighted by molar-refractivity contribution is 4.88. The zero-order chi connectivity index (χ0) is 8.85. The van der Waals surface area contributed by atoms with Gasteiger partial charge in [-0.15, -0.1) is 0 Å². The van der Waals surface area contributed by atoms with Gasteiger partial charge in [-0.05, 0) is 20.3 Å². The third kappa shape index (κ3) is 4.07. The topological polar surface area (TPSA) is 3.24 Å². The number of nitrogens with zero attached hydrogens (tertiary/aromatic N) is 1. The molecule has 0 aliphatic carbocycles. The second kappa shape index (κ2) is 5.22.